The van der Waals surface area contributed by atoms with Gasteiger partial charge in [-0.3, -0.25) is 9.36 Å². The van der Waals surface area contributed by atoms with Crippen LogP contribution in [0.4, 0.5) is 13.2 Å². The van der Waals surface area contributed by atoms with Crippen molar-refractivity contribution in [3.63, 3.8) is 0 Å². The highest BCUT2D eigenvalue weighted by Crippen LogP contribution is 2.34. The number of hydrogen-bond donors (Lipinski definition) is 0. The molecule has 1 atom stereocenters. The molecule has 3 aromatic carbocycles. The lowest BCUT2D eigenvalue weighted by Crippen LogP contribution is -2.42. The first kappa shape index (κ1) is 27.5. The zero-order valence-electron chi connectivity index (χ0n) is 23.2. The number of fused-ring (bicyclic) bond motifs is 1. The van der Waals surface area contributed by atoms with Crippen LogP contribution in [-0.4, -0.2) is 41.2 Å². The molecule has 8 heteroatoms. The number of para-hydroxylation sites is 1. The summed E-state index contributed by atoms with van der Waals surface area (Å²) in [6.07, 6.45) is 1.71. The smallest absolute Gasteiger partial charge is 0.416 e. The summed E-state index contributed by atoms with van der Waals surface area (Å²) >= 11 is 0. The number of hydrogen-bond acceptors (Lipinski definition) is 4. The predicted molar refractivity (Wildman–Crippen MR) is 155 cm³/mol. The molecule has 6 rings (SSSR count). The highest BCUT2D eigenvalue weighted by molar-refractivity contribution is 5.85. The number of methoxy groups -OCH3 is 1. The average molecular weight is 562 g/mol. The quantitative estimate of drug-likeness (QED) is 0.238. The third-order valence-electron chi connectivity index (χ3n) is 8.63. The van der Waals surface area contributed by atoms with Crippen LogP contribution in [0.2, 0.25) is 0 Å². The van der Waals surface area contributed by atoms with Crippen LogP contribution in [0.15, 0.2) is 71.5 Å². The van der Waals surface area contributed by atoms with E-state index in [4.69, 9.17) is 9.72 Å². The Bertz CT molecular complexity index is 1590. The zero-order chi connectivity index (χ0) is 28.6. The van der Waals surface area contributed by atoms with Gasteiger partial charge in [0, 0.05) is 19.6 Å². The van der Waals surface area contributed by atoms with Gasteiger partial charge < -0.3 is 9.64 Å². The van der Waals surface area contributed by atoms with Gasteiger partial charge in [0.05, 0.1) is 29.1 Å². The van der Waals surface area contributed by atoms with Gasteiger partial charge in [-0.05, 0) is 91.6 Å². The van der Waals surface area contributed by atoms with E-state index < -0.39 is 11.7 Å². The van der Waals surface area contributed by atoms with Gasteiger partial charge in [0.2, 0.25) is 0 Å². The molecule has 2 fully saturated rings. The first-order valence-corrected chi connectivity index (χ1v) is 14.4. The van der Waals surface area contributed by atoms with E-state index in [1.165, 1.54) is 31.4 Å². The molecule has 2 heterocycles. The number of benzene rings is 3. The molecule has 1 aromatic heterocycles. The summed E-state index contributed by atoms with van der Waals surface area (Å²) in [7, 11) is 1.61. The van der Waals surface area contributed by atoms with Crippen molar-refractivity contribution in [1.82, 2.24) is 14.5 Å². The monoisotopic (exact) mass is 561 g/mol. The average Bonchev–Trinajstić information content (AvgIpc) is 2.96. The molecule has 5 nitrogen and oxygen atoms in total. The summed E-state index contributed by atoms with van der Waals surface area (Å²) in [6, 6.07) is 17.9. The fraction of sp³-hybridized carbons (Fsp3) is 0.394. The van der Waals surface area contributed by atoms with E-state index in [0.717, 1.165) is 56.1 Å². The van der Waals surface area contributed by atoms with Crippen LogP contribution in [0.25, 0.3) is 33.4 Å². The fourth-order valence-corrected chi connectivity index (χ4v) is 6.22. The maximum absolute atomic E-state index is 14.2. The first-order chi connectivity index (χ1) is 19.8. The predicted octanol–water partition coefficient (Wildman–Crippen LogP) is 7.27. The molecule has 1 aliphatic carbocycles. The largest absolute Gasteiger partial charge is 0.496 e. The van der Waals surface area contributed by atoms with Crippen molar-refractivity contribution in [2.75, 3.05) is 26.7 Å². The van der Waals surface area contributed by atoms with Crippen LogP contribution >= 0.6 is 0 Å². The van der Waals surface area contributed by atoms with Gasteiger partial charge in [-0.25, -0.2) is 4.98 Å². The Hall–Kier alpha value is -3.65. The number of aromatic nitrogens is 2. The van der Waals surface area contributed by atoms with Gasteiger partial charge in [-0.2, -0.15) is 13.2 Å². The molecule has 0 N–H and O–H groups in total. The minimum atomic E-state index is -4.40. The van der Waals surface area contributed by atoms with Crippen molar-refractivity contribution in [2.45, 2.75) is 44.8 Å². The number of nitrogens with zero attached hydrogens (tertiary/aromatic N) is 3. The third-order valence-corrected chi connectivity index (χ3v) is 8.63. The number of piperidine rings is 1. The second kappa shape index (κ2) is 11.3. The Balaban J connectivity index is 1.40. The molecule has 41 heavy (non-hydrogen) atoms. The highest BCUT2D eigenvalue weighted by Gasteiger charge is 2.30. The molecule has 214 valence electrons. The lowest BCUT2D eigenvalue weighted by Gasteiger charge is -2.37. The molecule has 1 unspecified atom stereocenters. The standard InChI is InChI=1S/C33H34F3N3O2/c1-41-30-10-3-2-9-27(30)31-37-29-16-13-25(24-11-14-26(15-12-24)33(34,35)36)18-28(29)32(40)39(31)21-23-8-5-17-38(20-23)19-22-6-4-7-22/h2-3,9-16,18,22-23H,4-8,17,19-21H2,1H3. The summed E-state index contributed by atoms with van der Waals surface area (Å²) in [4.78, 5) is 21.7. The Morgan fingerprint density at radius 2 is 1.63 bits per heavy atom. The topological polar surface area (TPSA) is 47.4 Å². The number of ether oxygens (including phenoxy) is 1. The van der Waals surface area contributed by atoms with E-state index >= 15 is 0 Å². The van der Waals surface area contributed by atoms with Gasteiger partial charge in [0.1, 0.15) is 11.6 Å². The molecule has 0 amide bonds. The molecular weight excluding hydrogens is 527 g/mol. The van der Waals surface area contributed by atoms with Crippen molar-refractivity contribution in [1.29, 1.82) is 0 Å². The van der Waals surface area contributed by atoms with Crippen molar-refractivity contribution < 1.29 is 17.9 Å². The summed E-state index contributed by atoms with van der Waals surface area (Å²) in [5, 5.41) is 0.447. The molecule has 0 spiro atoms. The lowest BCUT2D eigenvalue weighted by atomic mass is 9.84. The second-order valence-corrected chi connectivity index (χ2v) is 11.4. The van der Waals surface area contributed by atoms with Crippen molar-refractivity contribution >= 4 is 10.9 Å². The Kier molecular flexibility index (Phi) is 7.60. The number of halogens is 3. The van der Waals surface area contributed by atoms with Crippen molar-refractivity contribution in [3.05, 3.63) is 82.6 Å². The zero-order valence-corrected chi connectivity index (χ0v) is 23.2. The van der Waals surface area contributed by atoms with Gasteiger partial charge in [-0.15, -0.1) is 0 Å². The van der Waals surface area contributed by atoms with E-state index in [2.05, 4.69) is 4.90 Å². The fourth-order valence-electron chi connectivity index (χ4n) is 6.22. The van der Waals surface area contributed by atoms with Crippen molar-refractivity contribution in [3.8, 4) is 28.3 Å². The maximum Gasteiger partial charge on any atom is 0.416 e. The minimum Gasteiger partial charge on any atom is -0.496 e. The van der Waals surface area contributed by atoms with Crippen molar-refractivity contribution in [2.24, 2.45) is 11.8 Å². The third kappa shape index (κ3) is 5.75. The SMILES string of the molecule is COc1ccccc1-c1nc2ccc(-c3ccc(C(F)(F)F)cc3)cc2c(=O)n1CC1CCCN(CC2CCC2)C1. The first-order valence-electron chi connectivity index (χ1n) is 14.4. The summed E-state index contributed by atoms with van der Waals surface area (Å²) in [6.45, 7) is 3.74. The second-order valence-electron chi connectivity index (χ2n) is 11.4. The van der Waals surface area contributed by atoms with E-state index in [-0.39, 0.29) is 5.56 Å². The van der Waals surface area contributed by atoms with E-state index in [9.17, 15) is 18.0 Å². The summed E-state index contributed by atoms with van der Waals surface area (Å²) < 4.78 is 46.7. The van der Waals surface area contributed by atoms with E-state index in [0.29, 0.717) is 46.1 Å². The minimum absolute atomic E-state index is 0.152. The molecule has 1 aliphatic heterocycles. The molecule has 0 radical (unpaired) electrons. The summed E-state index contributed by atoms with van der Waals surface area (Å²) in [5.41, 5.74) is 1.72. The molecule has 1 saturated carbocycles. The van der Waals surface area contributed by atoms with Gasteiger partial charge in [0.25, 0.3) is 5.56 Å². The summed E-state index contributed by atoms with van der Waals surface area (Å²) in [5.74, 6) is 2.32. The van der Waals surface area contributed by atoms with E-state index in [1.807, 2.05) is 24.3 Å². The molecule has 1 saturated heterocycles. The Morgan fingerprint density at radius 1 is 0.902 bits per heavy atom. The molecule has 0 bridgehead atoms. The molecule has 2 aliphatic rings. The maximum atomic E-state index is 14.2. The van der Waals surface area contributed by atoms with Crippen LogP contribution in [-0.2, 0) is 12.7 Å². The number of rotatable bonds is 7. The number of likely N-dealkylation sites (tertiary alicyclic amines) is 1. The molecular formula is C33H34F3N3O2. The lowest BCUT2D eigenvalue weighted by molar-refractivity contribution is -0.137. The molecule has 4 aromatic rings. The van der Waals surface area contributed by atoms with Gasteiger partial charge >= 0.3 is 6.18 Å². The van der Waals surface area contributed by atoms with Gasteiger partial charge in [0.15, 0.2) is 0 Å². The van der Waals surface area contributed by atoms with E-state index in [1.54, 1.807) is 29.9 Å². The van der Waals surface area contributed by atoms with Crippen LogP contribution in [0.1, 0.15) is 37.7 Å². The van der Waals surface area contributed by atoms with Crippen LogP contribution in [0, 0.1) is 11.8 Å². The van der Waals surface area contributed by atoms with Crippen LogP contribution < -0.4 is 10.3 Å². The van der Waals surface area contributed by atoms with Crippen LogP contribution in [0.5, 0.6) is 5.75 Å². The normalized spacial score (nSPS) is 18.4. The highest BCUT2D eigenvalue weighted by atomic mass is 19.4. The Labute approximate surface area is 237 Å². The number of alkyl halides is 3. The van der Waals surface area contributed by atoms with Gasteiger partial charge in [-0.1, -0.05) is 36.8 Å². The Morgan fingerprint density at radius 3 is 2.34 bits per heavy atom. The van der Waals surface area contributed by atoms with Crippen LogP contribution in [0.3, 0.4) is 0 Å².